The molecule has 2 aromatic carbocycles. The van der Waals surface area contributed by atoms with E-state index in [4.69, 9.17) is 9.84 Å². The Bertz CT molecular complexity index is 954. The van der Waals surface area contributed by atoms with E-state index in [0.717, 1.165) is 48.4 Å². The molecular weight excluding hydrogens is 376 g/mol. The lowest BCUT2D eigenvalue weighted by molar-refractivity contribution is -0.156. The first kappa shape index (κ1) is 19.0. The van der Waals surface area contributed by atoms with Gasteiger partial charge in [0.05, 0.1) is 13.0 Å². The van der Waals surface area contributed by atoms with E-state index >= 15 is 0 Å². The van der Waals surface area contributed by atoms with Crippen LogP contribution in [-0.4, -0.2) is 41.0 Å². The van der Waals surface area contributed by atoms with E-state index in [2.05, 4.69) is 41.5 Å². The van der Waals surface area contributed by atoms with Crippen molar-refractivity contribution in [2.75, 3.05) is 7.11 Å². The highest BCUT2D eigenvalue weighted by Crippen LogP contribution is 2.38. The maximum Gasteiger partial charge on any atom is 0.231 e. The molecule has 1 saturated carbocycles. The summed E-state index contributed by atoms with van der Waals surface area (Å²) >= 11 is 0. The van der Waals surface area contributed by atoms with E-state index in [1.807, 2.05) is 29.2 Å². The maximum atomic E-state index is 13.5. The number of benzene rings is 2. The number of rotatable bonds is 4. The first-order valence-electron chi connectivity index (χ1n) is 10.8. The maximum absolute atomic E-state index is 13.5. The van der Waals surface area contributed by atoms with Crippen LogP contribution in [0.15, 0.2) is 53.6 Å². The minimum atomic E-state index is -0.241. The SMILES string of the molecule is COc1ccc(CN2C(=O)C3CCCCC3N3C(c4ccc(C)cc4)=NNC23)cc1. The lowest BCUT2D eigenvalue weighted by atomic mass is 9.80. The summed E-state index contributed by atoms with van der Waals surface area (Å²) in [4.78, 5) is 17.8. The van der Waals surface area contributed by atoms with Crippen molar-refractivity contribution >= 4 is 11.7 Å². The number of hydrazone groups is 1. The number of carbonyl (C=O) groups is 1. The number of carbonyl (C=O) groups excluding carboxylic acids is 1. The molecular formula is C24H28N4O2. The highest BCUT2D eigenvalue weighted by Gasteiger charge is 2.50. The molecule has 2 heterocycles. The Balaban J connectivity index is 1.47. The van der Waals surface area contributed by atoms with E-state index in [0.29, 0.717) is 6.54 Å². The molecule has 1 aliphatic carbocycles. The molecule has 3 aliphatic rings. The molecule has 1 N–H and O–H groups in total. The van der Waals surface area contributed by atoms with E-state index < -0.39 is 0 Å². The third-order valence-electron chi connectivity index (χ3n) is 6.60. The van der Waals surface area contributed by atoms with E-state index in [-0.39, 0.29) is 24.2 Å². The molecule has 1 saturated heterocycles. The summed E-state index contributed by atoms with van der Waals surface area (Å²) < 4.78 is 5.27. The molecule has 1 amide bonds. The van der Waals surface area contributed by atoms with Crippen molar-refractivity contribution in [1.82, 2.24) is 15.2 Å². The molecule has 2 fully saturated rings. The van der Waals surface area contributed by atoms with Gasteiger partial charge in [-0.15, -0.1) is 0 Å². The Labute approximate surface area is 177 Å². The molecule has 3 unspecified atom stereocenters. The summed E-state index contributed by atoms with van der Waals surface area (Å²) in [6.07, 6.45) is 4.03. The molecule has 6 heteroatoms. The first-order valence-corrected chi connectivity index (χ1v) is 10.8. The molecule has 0 bridgehead atoms. The van der Waals surface area contributed by atoms with Crippen molar-refractivity contribution < 1.29 is 9.53 Å². The van der Waals surface area contributed by atoms with Gasteiger partial charge in [0.1, 0.15) is 5.75 Å². The van der Waals surface area contributed by atoms with Crippen LogP contribution in [0.3, 0.4) is 0 Å². The molecule has 6 nitrogen and oxygen atoms in total. The monoisotopic (exact) mass is 404 g/mol. The molecule has 3 atom stereocenters. The number of fused-ring (bicyclic) bond motifs is 3. The van der Waals surface area contributed by atoms with Crippen LogP contribution >= 0.6 is 0 Å². The molecule has 30 heavy (non-hydrogen) atoms. The standard InChI is InChI=1S/C24H28N4O2/c1-16-7-11-18(12-8-16)22-25-26-24-27(15-17-9-13-19(30-2)14-10-17)23(29)20-5-3-4-6-21(20)28(22)24/h7-14,20-21,24,26H,3-6,15H2,1-2H3. The summed E-state index contributed by atoms with van der Waals surface area (Å²) in [7, 11) is 1.66. The van der Waals surface area contributed by atoms with Gasteiger partial charge >= 0.3 is 0 Å². The van der Waals surface area contributed by atoms with Gasteiger partial charge in [-0.2, -0.15) is 5.10 Å². The average Bonchev–Trinajstić information content (AvgIpc) is 3.23. The average molecular weight is 405 g/mol. The molecule has 0 aromatic heterocycles. The lowest BCUT2D eigenvalue weighted by Gasteiger charge is -2.50. The van der Waals surface area contributed by atoms with Crippen molar-refractivity contribution in [1.29, 1.82) is 0 Å². The largest absolute Gasteiger partial charge is 0.497 e. The fourth-order valence-electron chi connectivity index (χ4n) is 4.99. The third-order valence-corrected chi connectivity index (χ3v) is 6.60. The predicted octanol–water partition coefficient (Wildman–Crippen LogP) is 3.46. The summed E-state index contributed by atoms with van der Waals surface area (Å²) in [6, 6.07) is 16.6. The van der Waals surface area contributed by atoms with Crippen LogP contribution < -0.4 is 10.2 Å². The third kappa shape index (κ3) is 3.20. The van der Waals surface area contributed by atoms with Crippen LogP contribution in [0.25, 0.3) is 0 Å². The van der Waals surface area contributed by atoms with Gasteiger partial charge in [-0.25, -0.2) is 0 Å². The minimum absolute atomic E-state index is 0.0313. The van der Waals surface area contributed by atoms with Crippen molar-refractivity contribution in [3.8, 4) is 5.75 Å². The Morgan fingerprint density at radius 3 is 2.53 bits per heavy atom. The van der Waals surface area contributed by atoms with Gasteiger partial charge in [0.2, 0.25) is 5.91 Å². The van der Waals surface area contributed by atoms with Gasteiger partial charge < -0.3 is 9.64 Å². The van der Waals surface area contributed by atoms with Gasteiger partial charge in [-0.3, -0.25) is 15.1 Å². The zero-order valence-corrected chi connectivity index (χ0v) is 17.5. The second kappa shape index (κ2) is 7.67. The summed E-state index contributed by atoms with van der Waals surface area (Å²) in [5.41, 5.74) is 6.68. The molecule has 0 radical (unpaired) electrons. The lowest BCUT2D eigenvalue weighted by Crippen LogP contribution is -2.67. The first-order chi connectivity index (χ1) is 14.7. The number of amidine groups is 1. The Hall–Kier alpha value is -3.02. The van der Waals surface area contributed by atoms with Crippen LogP contribution in [0.5, 0.6) is 5.75 Å². The van der Waals surface area contributed by atoms with E-state index in [9.17, 15) is 4.79 Å². The van der Waals surface area contributed by atoms with Gasteiger partial charge in [-0.1, -0.05) is 54.8 Å². The second-order valence-corrected chi connectivity index (χ2v) is 8.48. The van der Waals surface area contributed by atoms with E-state index in [1.54, 1.807) is 7.11 Å². The number of amides is 1. The van der Waals surface area contributed by atoms with E-state index in [1.165, 1.54) is 5.56 Å². The number of nitrogens with zero attached hydrogens (tertiary/aromatic N) is 3. The molecule has 5 rings (SSSR count). The fourth-order valence-corrected chi connectivity index (χ4v) is 4.99. The zero-order valence-electron chi connectivity index (χ0n) is 17.5. The Morgan fingerprint density at radius 1 is 1.07 bits per heavy atom. The van der Waals surface area contributed by atoms with Gasteiger partial charge in [-0.05, 0) is 37.5 Å². The van der Waals surface area contributed by atoms with Crippen molar-refractivity contribution in [3.63, 3.8) is 0 Å². The minimum Gasteiger partial charge on any atom is -0.497 e. The van der Waals surface area contributed by atoms with Gasteiger partial charge in [0.15, 0.2) is 12.1 Å². The smallest absolute Gasteiger partial charge is 0.231 e. The number of hydrogen-bond donors (Lipinski definition) is 1. The number of methoxy groups -OCH3 is 1. The fraction of sp³-hybridized carbons (Fsp3) is 0.417. The number of nitrogens with one attached hydrogen (secondary N) is 1. The van der Waals surface area contributed by atoms with Crippen molar-refractivity contribution in [3.05, 3.63) is 65.2 Å². The van der Waals surface area contributed by atoms with Gasteiger partial charge in [0, 0.05) is 18.2 Å². The number of aryl methyl sites for hydroxylation is 1. The molecule has 2 aliphatic heterocycles. The number of ether oxygens (including phenoxy) is 1. The van der Waals surface area contributed by atoms with Crippen LogP contribution in [0.2, 0.25) is 0 Å². The highest BCUT2D eigenvalue weighted by molar-refractivity contribution is 6.01. The summed E-state index contributed by atoms with van der Waals surface area (Å²) in [5.74, 6) is 2.04. The summed E-state index contributed by atoms with van der Waals surface area (Å²) in [6.45, 7) is 2.64. The Kier molecular flexibility index (Phi) is 4.85. The zero-order chi connectivity index (χ0) is 20.7. The molecule has 156 valence electrons. The quantitative estimate of drug-likeness (QED) is 0.848. The number of hydrogen-bond acceptors (Lipinski definition) is 5. The second-order valence-electron chi connectivity index (χ2n) is 8.48. The topological polar surface area (TPSA) is 57.2 Å². The normalized spacial score (nSPS) is 25.3. The predicted molar refractivity (Wildman–Crippen MR) is 116 cm³/mol. The molecule has 2 aromatic rings. The highest BCUT2D eigenvalue weighted by atomic mass is 16.5. The van der Waals surface area contributed by atoms with Crippen molar-refractivity contribution in [2.45, 2.75) is 51.5 Å². The van der Waals surface area contributed by atoms with Crippen LogP contribution in [0.1, 0.15) is 42.4 Å². The summed E-state index contributed by atoms with van der Waals surface area (Å²) in [5, 5.41) is 4.70. The van der Waals surface area contributed by atoms with Crippen LogP contribution in [-0.2, 0) is 11.3 Å². The molecule has 0 spiro atoms. The van der Waals surface area contributed by atoms with Crippen LogP contribution in [0, 0.1) is 12.8 Å². The van der Waals surface area contributed by atoms with Crippen LogP contribution in [0.4, 0.5) is 0 Å². The van der Waals surface area contributed by atoms with Gasteiger partial charge in [0.25, 0.3) is 0 Å². The Morgan fingerprint density at radius 2 is 1.80 bits per heavy atom. The van der Waals surface area contributed by atoms with Crippen molar-refractivity contribution in [2.24, 2.45) is 11.0 Å².